The van der Waals surface area contributed by atoms with E-state index in [1.54, 1.807) is 0 Å². The summed E-state index contributed by atoms with van der Waals surface area (Å²) in [5, 5.41) is 4.96. The lowest BCUT2D eigenvalue weighted by Crippen LogP contribution is -2.14. The summed E-state index contributed by atoms with van der Waals surface area (Å²) in [5.74, 6) is 1.93. The molecule has 8 aromatic carbocycles. The van der Waals surface area contributed by atoms with Crippen molar-refractivity contribution in [2.45, 2.75) is 19.3 Å². The second kappa shape index (κ2) is 12.7. The molecule has 0 saturated heterocycles. The number of hydrogen-bond acceptors (Lipinski definition) is 3. The molecule has 5 nitrogen and oxygen atoms in total. The molecule has 11 aromatic rings. The highest BCUT2D eigenvalue weighted by Gasteiger charge is 2.37. The Balaban J connectivity index is 1.11. The van der Waals surface area contributed by atoms with Crippen molar-refractivity contribution in [3.05, 3.63) is 199 Å². The van der Waals surface area contributed by atoms with Crippen LogP contribution in [0, 0.1) is 0 Å². The van der Waals surface area contributed by atoms with Crippen molar-refractivity contribution in [3.63, 3.8) is 0 Å². The topological polar surface area (TPSA) is 48.5 Å². The number of benzene rings is 8. The fraction of sp³-hybridized carbons (Fsp3) is 0.0556. The number of fused-ring (bicyclic) bond motifs is 10. The number of rotatable bonds is 5. The van der Waals surface area contributed by atoms with Crippen molar-refractivity contribution in [2.75, 3.05) is 0 Å². The molecule has 0 N–H and O–H groups in total. The largest absolute Gasteiger partial charge is 0.309 e. The van der Waals surface area contributed by atoms with Crippen LogP contribution in [0.1, 0.15) is 25.0 Å². The Morgan fingerprint density at radius 3 is 1.49 bits per heavy atom. The van der Waals surface area contributed by atoms with Crippen molar-refractivity contribution in [1.29, 1.82) is 0 Å². The maximum absolute atomic E-state index is 5.04. The van der Waals surface area contributed by atoms with Crippen molar-refractivity contribution in [2.24, 2.45) is 0 Å². The summed E-state index contributed by atoms with van der Waals surface area (Å²) in [5.41, 5.74) is 15.0. The third kappa shape index (κ3) is 5.01. The summed E-state index contributed by atoms with van der Waals surface area (Å²) in [6.07, 6.45) is 0. The molecule has 0 bridgehead atoms. The zero-order valence-corrected chi connectivity index (χ0v) is 32.6. The van der Waals surface area contributed by atoms with Crippen molar-refractivity contribution in [3.8, 4) is 56.7 Å². The highest BCUT2D eigenvalue weighted by Crippen LogP contribution is 2.53. The smallest absolute Gasteiger partial charge is 0.164 e. The summed E-state index contributed by atoms with van der Waals surface area (Å²) >= 11 is 0. The Hall–Kier alpha value is -7.63. The minimum Gasteiger partial charge on any atom is -0.309 e. The Bertz CT molecular complexity index is 3340. The first-order chi connectivity index (χ1) is 29.0. The lowest BCUT2D eigenvalue weighted by Gasteiger charge is -2.21. The highest BCUT2D eigenvalue weighted by molar-refractivity contribution is 6.16. The van der Waals surface area contributed by atoms with Crippen LogP contribution in [0.25, 0.3) is 100 Å². The SMILES string of the molecule is CC1(C)c2ccccc2-c2c1ccc1c3ccc(-n4c5ccccc5c5ccccc54)cc3n(-c3ccc(-c4nc(-c5ccccc5)nc(-c5ccccc5)n4)cc3)c21. The molecule has 0 saturated carbocycles. The molecule has 1 aliphatic carbocycles. The summed E-state index contributed by atoms with van der Waals surface area (Å²) < 4.78 is 4.90. The van der Waals surface area contributed by atoms with E-state index in [0.717, 1.165) is 33.6 Å². The van der Waals surface area contributed by atoms with Crippen LogP contribution in [-0.4, -0.2) is 24.1 Å². The highest BCUT2D eigenvalue weighted by atomic mass is 15.0. The van der Waals surface area contributed by atoms with Gasteiger partial charge in [0, 0.05) is 60.6 Å². The average Bonchev–Trinajstić information content (AvgIpc) is 3.89. The molecule has 12 rings (SSSR count). The molecular weight excluding hydrogens is 719 g/mol. The van der Waals surface area contributed by atoms with E-state index in [9.17, 15) is 0 Å². The lowest BCUT2D eigenvalue weighted by atomic mass is 9.82. The Morgan fingerprint density at radius 1 is 0.373 bits per heavy atom. The standard InChI is InChI=1S/C54H37N5/c1-54(2)44-22-12-9-21-43(44)49-45(54)32-31-42-41-30-29-38(58-46-23-13-10-19-39(46)40-20-11-14-24-47(40)58)33-48(41)59(50(42)49)37-27-25-36(26-28-37)53-56-51(34-15-5-3-6-16-34)55-52(57-53)35-17-7-4-8-18-35/h3-33H,1-2H3. The van der Waals surface area contributed by atoms with Gasteiger partial charge < -0.3 is 9.13 Å². The van der Waals surface area contributed by atoms with Gasteiger partial charge in [-0.25, -0.2) is 15.0 Å². The second-order valence-electron chi connectivity index (χ2n) is 16.0. The lowest BCUT2D eigenvalue weighted by molar-refractivity contribution is 0.661. The van der Waals surface area contributed by atoms with Gasteiger partial charge in [0.25, 0.3) is 0 Å². The first kappa shape index (κ1) is 33.5. The molecule has 0 atom stereocenters. The van der Waals surface area contributed by atoms with Crippen LogP contribution in [0.2, 0.25) is 0 Å². The van der Waals surface area contributed by atoms with E-state index < -0.39 is 0 Å². The summed E-state index contributed by atoms with van der Waals surface area (Å²) in [6.45, 7) is 4.71. The molecule has 278 valence electrons. The van der Waals surface area contributed by atoms with Gasteiger partial charge in [0.2, 0.25) is 0 Å². The maximum atomic E-state index is 5.04. The Labute approximate surface area is 341 Å². The molecule has 0 fully saturated rings. The summed E-state index contributed by atoms with van der Waals surface area (Å²) in [7, 11) is 0. The molecule has 1 aliphatic rings. The molecule has 5 heteroatoms. The first-order valence-electron chi connectivity index (χ1n) is 20.2. The molecule has 0 amide bonds. The van der Waals surface area contributed by atoms with E-state index in [4.69, 9.17) is 15.0 Å². The Kier molecular flexibility index (Phi) is 7.20. The van der Waals surface area contributed by atoms with Gasteiger partial charge in [0.1, 0.15) is 0 Å². The fourth-order valence-electron chi connectivity index (χ4n) is 9.58. The molecule has 3 aromatic heterocycles. The minimum absolute atomic E-state index is 0.134. The van der Waals surface area contributed by atoms with Crippen molar-refractivity contribution >= 4 is 43.6 Å². The van der Waals surface area contributed by atoms with Crippen molar-refractivity contribution in [1.82, 2.24) is 24.1 Å². The molecular formula is C54H37N5. The number of nitrogens with zero attached hydrogens (tertiary/aromatic N) is 5. The molecule has 59 heavy (non-hydrogen) atoms. The molecule has 0 radical (unpaired) electrons. The van der Waals surface area contributed by atoms with Gasteiger partial charge in [0.15, 0.2) is 17.5 Å². The van der Waals surface area contributed by atoms with Gasteiger partial charge in [-0.3, -0.25) is 0 Å². The van der Waals surface area contributed by atoms with Crippen LogP contribution >= 0.6 is 0 Å². The monoisotopic (exact) mass is 755 g/mol. The molecule has 0 spiro atoms. The fourth-order valence-corrected chi connectivity index (χ4v) is 9.58. The molecule has 3 heterocycles. The maximum Gasteiger partial charge on any atom is 0.164 e. The van der Waals surface area contributed by atoms with Gasteiger partial charge in [-0.2, -0.15) is 0 Å². The minimum atomic E-state index is -0.134. The van der Waals surface area contributed by atoms with Crippen LogP contribution in [0.4, 0.5) is 0 Å². The van der Waals surface area contributed by atoms with Crippen LogP contribution < -0.4 is 0 Å². The van der Waals surface area contributed by atoms with Gasteiger partial charge in [-0.15, -0.1) is 0 Å². The van der Waals surface area contributed by atoms with Gasteiger partial charge >= 0.3 is 0 Å². The van der Waals surface area contributed by atoms with E-state index in [2.05, 4.69) is 150 Å². The molecule has 0 aliphatic heterocycles. The number of hydrogen-bond donors (Lipinski definition) is 0. The average molecular weight is 756 g/mol. The third-order valence-electron chi connectivity index (χ3n) is 12.4. The molecule has 0 unspecified atom stereocenters. The summed E-state index contributed by atoms with van der Waals surface area (Å²) in [4.78, 5) is 15.0. The predicted molar refractivity (Wildman–Crippen MR) is 242 cm³/mol. The number of para-hydroxylation sites is 2. The van der Waals surface area contributed by atoms with Gasteiger partial charge in [0.05, 0.1) is 22.1 Å². The van der Waals surface area contributed by atoms with E-state index in [0.29, 0.717) is 17.5 Å². The van der Waals surface area contributed by atoms with E-state index in [1.165, 1.54) is 60.3 Å². The second-order valence-corrected chi connectivity index (χ2v) is 16.0. The summed E-state index contributed by atoms with van der Waals surface area (Å²) in [6, 6.07) is 67.1. The van der Waals surface area contributed by atoms with Crippen LogP contribution in [0.3, 0.4) is 0 Å². The van der Waals surface area contributed by atoms with E-state index >= 15 is 0 Å². The quantitative estimate of drug-likeness (QED) is 0.176. The van der Waals surface area contributed by atoms with E-state index in [-0.39, 0.29) is 5.41 Å². The predicted octanol–water partition coefficient (Wildman–Crippen LogP) is 13.4. The van der Waals surface area contributed by atoms with Gasteiger partial charge in [-0.05, 0) is 65.2 Å². The third-order valence-corrected chi connectivity index (χ3v) is 12.4. The van der Waals surface area contributed by atoms with Crippen molar-refractivity contribution < 1.29 is 0 Å². The van der Waals surface area contributed by atoms with E-state index in [1.807, 2.05) is 60.7 Å². The Morgan fingerprint density at radius 2 is 0.864 bits per heavy atom. The zero-order chi connectivity index (χ0) is 39.2. The first-order valence-corrected chi connectivity index (χ1v) is 20.2. The van der Waals surface area contributed by atoms with Gasteiger partial charge in [-0.1, -0.05) is 153 Å². The normalized spacial score (nSPS) is 13.1. The number of aromatic nitrogens is 5. The van der Waals surface area contributed by atoms with Crippen LogP contribution in [-0.2, 0) is 5.41 Å². The van der Waals surface area contributed by atoms with Crippen LogP contribution in [0.15, 0.2) is 188 Å². The van der Waals surface area contributed by atoms with Crippen LogP contribution in [0.5, 0.6) is 0 Å². The zero-order valence-electron chi connectivity index (χ0n) is 32.6.